The molecule has 1 aromatic carbocycles. The van der Waals surface area contributed by atoms with Gasteiger partial charge < -0.3 is 5.32 Å². The van der Waals surface area contributed by atoms with E-state index in [0.29, 0.717) is 12.0 Å². The van der Waals surface area contributed by atoms with Crippen molar-refractivity contribution in [2.24, 2.45) is 5.92 Å². The van der Waals surface area contributed by atoms with Crippen molar-refractivity contribution >= 4 is 30.5 Å². The lowest BCUT2D eigenvalue weighted by molar-refractivity contribution is -0.385. The number of nitro benzene ring substituents is 1. The third kappa shape index (κ3) is 5.30. The molecule has 0 unspecified atom stereocenters. The van der Waals surface area contributed by atoms with E-state index >= 15 is 0 Å². The molecule has 1 atom stereocenters. The molecule has 1 aliphatic heterocycles. The smallest absolute Gasteiger partial charge is 0.272 e. The number of halogens is 2. The van der Waals surface area contributed by atoms with Crippen LogP contribution in [0.25, 0.3) is 0 Å². The highest BCUT2D eigenvalue weighted by molar-refractivity contribution is 5.85. The van der Waals surface area contributed by atoms with Gasteiger partial charge in [0.1, 0.15) is 0 Å². The third-order valence-electron chi connectivity index (χ3n) is 5.41. The predicted octanol–water partition coefficient (Wildman–Crippen LogP) is 4.27. The number of hydrogen-bond acceptors (Lipinski definition) is 4. The molecule has 2 aliphatic rings. The first kappa shape index (κ1) is 22.2. The number of rotatable bonds is 4. The Kier molecular flexibility index (Phi) is 9.14. The van der Waals surface area contributed by atoms with Crippen LogP contribution in [0.1, 0.15) is 49.3 Å². The monoisotopic (exact) mass is 389 g/mol. The van der Waals surface area contributed by atoms with Crippen LogP contribution >= 0.6 is 24.8 Å². The number of hydrogen-bond donors (Lipinski definition) is 1. The van der Waals surface area contributed by atoms with Crippen LogP contribution in [0.2, 0.25) is 0 Å². The highest BCUT2D eigenvalue weighted by atomic mass is 35.5. The summed E-state index contributed by atoms with van der Waals surface area (Å²) < 4.78 is 0. The zero-order valence-electron chi connectivity index (χ0n) is 14.8. The topological polar surface area (TPSA) is 58.4 Å². The second kappa shape index (κ2) is 10.3. The lowest BCUT2D eigenvalue weighted by Gasteiger charge is -2.41. The molecule has 3 rings (SSSR count). The van der Waals surface area contributed by atoms with Crippen LogP contribution < -0.4 is 5.32 Å². The Balaban J connectivity index is 0.00000156. The summed E-state index contributed by atoms with van der Waals surface area (Å²) in [6, 6.07) is 6.20. The van der Waals surface area contributed by atoms with E-state index in [0.717, 1.165) is 37.3 Å². The van der Waals surface area contributed by atoms with Crippen LogP contribution in [0.5, 0.6) is 0 Å². The fraction of sp³-hybridized carbons (Fsp3) is 0.667. The van der Waals surface area contributed by atoms with Gasteiger partial charge in [-0.25, -0.2) is 0 Å². The van der Waals surface area contributed by atoms with Gasteiger partial charge in [-0.05, 0) is 31.2 Å². The Morgan fingerprint density at radius 2 is 1.80 bits per heavy atom. The molecule has 1 saturated heterocycles. The van der Waals surface area contributed by atoms with Crippen molar-refractivity contribution in [3.05, 3.63) is 39.4 Å². The van der Waals surface area contributed by atoms with Crippen molar-refractivity contribution in [2.75, 3.05) is 26.2 Å². The van der Waals surface area contributed by atoms with E-state index in [1.807, 2.05) is 19.1 Å². The van der Waals surface area contributed by atoms with Gasteiger partial charge >= 0.3 is 0 Å². The molecule has 1 aromatic rings. The van der Waals surface area contributed by atoms with Crippen molar-refractivity contribution in [3.63, 3.8) is 0 Å². The normalized spacial score (nSPS) is 20.2. The van der Waals surface area contributed by atoms with Gasteiger partial charge in [-0.3, -0.25) is 15.0 Å². The molecule has 1 saturated carbocycles. The van der Waals surface area contributed by atoms with E-state index in [-0.39, 0.29) is 35.4 Å². The minimum absolute atomic E-state index is 0. The Bertz CT molecular complexity index is 541. The molecule has 25 heavy (non-hydrogen) atoms. The maximum Gasteiger partial charge on any atom is 0.272 e. The van der Waals surface area contributed by atoms with Crippen LogP contribution in [-0.4, -0.2) is 36.0 Å². The summed E-state index contributed by atoms with van der Waals surface area (Å²) >= 11 is 0. The number of aryl methyl sites for hydroxylation is 1. The quantitative estimate of drug-likeness (QED) is 0.616. The van der Waals surface area contributed by atoms with Gasteiger partial charge in [0.2, 0.25) is 0 Å². The predicted molar refractivity (Wildman–Crippen MR) is 106 cm³/mol. The second-order valence-corrected chi connectivity index (χ2v) is 6.93. The van der Waals surface area contributed by atoms with E-state index in [1.54, 1.807) is 0 Å². The molecule has 0 spiro atoms. The molecule has 1 N–H and O–H groups in total. The van der Waals surface area contributed by atoms with Crippen LogP contribution in [0, 0.1) is 23.0 Å². The molecule has 7 heteroatoms. The fourth-order valence-electron chi connectivity index (χ4n) is 4.20. The summed E-state index contributed by atoms with van der Waals surface area (Å²) in [6.07, 6.45) is 6.41. The number of nitro groups is 1. The zero-order chi connectivity index (χ0) is 16.2. The first-order chi connectivity index (χ1) is 11.2. The molecule has 5 nitrogen and oxygen atoms in total. The van der Waals surface area contributed by atoms with E-state index in [9.17, 15) is 10.1 Å². The summed E-state index contributed by atoms with van der Waals surface area (Å²) in [6.45, 7) is 5.91. The van der Waals surface area contributed by atoms with E-state index in [4.69, 9.17) is 0 Å². The second-order valence-electron chi connectivity index (χ2n) is 6.93. The summed E-state index contributed by atoms with van der Waals surface area (Å²) in [5, 5.41) is 14.7. The molecule has 0 aromatic heterocycles. The lowest BCUT2D eigenvalue weighted by atomic mass is 9.80. The molecule has 0 radical (unpaired) electrons. The van der Waals surface area contributed by atoms with Gasteiger partial charge in [0.25, 0.3) is 5.69 Å². The number of nitrogens with zero attached hydrogens (tertiary/aromatic N) is 2. The zero-order valence-corrected chi connectivity index (χ0v) is 16.4. The molecular weight excluding hydrogens is 361 g/mol. The highest BCUT2D eigenvalue weighted by Gasteiger charge is 2.31. The van der Waals surface area contributed by atoms with Crippen LogP contribution in [0.3, 0.4) is 0 Å². The van der Waals surface area contributed by atoms with Crippen LogP contribution in [0.15, 0.2) is 18.2 Å². The summed E-state index contributed by atoms with van der Waals surface area (Å²) in [5.41, 5.74) is 2.15. The number of benzene rings is 1. The molecule has 0 bridgehead atoms. The Hall–Kier alpha value is -0.880. The van der Waals surface area contributed by atoms with Gasteiger partial charge in [-0.2, -0.15) is 0 Å². The first-order valence-corrected chi connectivity index (χ1v) is 8.86. The largest absolute Gasteiger partial charge is 0.314 e. The van der Waals surface area contributed by atoms with E-state index < -0.39 is 0 Å². The van der Waals surface area contributed by atoms with Gasteiger partial charge in [-0.15, -0.1) is 24.8 Å². The number of piperazine rings is 1. The molecular formula is C18H29Cl2N3O2. The molecule has 142 valence electrons. The molecule has 2 fully saturated rings. The van der Waals surface area contributed by atoms with Crippen LogP contribution in [-0.2, 0) is 0 Å². The average Bonchev–Trinajstić information content (AvgIpc) is 2.58. The summed E-state index contributed by atoms with van der Waals surface area (Å²) in [5.74, 6) is 0.629. The van der Waals surface area contributed by atoms with Crippen LogP contribution in [0.4, 0.5) is 5.69 Å². The van der Waals surface area contributed by atoms with Crippen molar-refractivity contribution in [1.82, 2.24) is 10.2 Å². The molecule has 1 aliphatic carbocycles. The Morgan fingerprint density at radius 1 is 1.16 bits per heavy atom. The SMILES string of the molecule is Cc1ccc([C@H](C2CCCCC2)N2CCNCC2)cc1[N+](=O)[O-].Cl.Cl. The van der Waals surface area contributed by atoms with E-state index in [1.165, 1.54) is 32.1 Å². The van der Waals surface area contributed by atoms with E-state index in [2.05, 4.69) is 16.3 Å². The number of nitrogens with one attached hydrogen (secondary N) is 1. The summed E-state index contributed by atoms with van der Waals surface area (Å²) in [4.78, 5) is 13.6. The van der Waals surface area contributed by atoms with Crippen molar-refractivity contribution in [2.45, 2.75) is 45.1 Å². The van der Waals surface area contributed by atoms with Gasteiger partial charge in [0.05, 0.1) is 4.92 Å². The lowest BCUT2D eigenvalue weighted by Crippen LogP contribution is -2.47. The van der Waals surface area contributed by atoms with Crippen molar-refractivity contribution in [1.29, 1.82) is 0 Å². The standard InChI is InChI=1S/C18H27N3O2.2ClH/c1-14-7-8-16(13-17(14)21(22)23)18(15-5-3-2-4-6-15)20-11-9-19-10-12-20;;/h7-8,13,15,18-19H,2-6,9-12H2,1H3;2*1H/t18-;;/m0../s1. The average molecular weight is 390 g/mol. The van der Waals surface area contributed by atoms with Crippen molar-refractivity contribution in [3.8, 4) is 0 Å². The van der Waals surface area contributed by atoms with Crippen molar-refractivity contribution < 1.29 is 4.92 Å². The van der Waals surface area contributed by atoms with Gasteiger partial charge in [0, 0.05) is 43.9 Å². The maximum absolute atomic E-state index is 11.3. The molecule has 1 heterocycles. The molecule has 0 amide bonds. The minimum atomic E-state index is -0.242. The van der Waals surface area contributed by atoms with Gasteiger partial charge in [-0.1, -0.05) is 31.4 Å². The first-order valence-electron chi connectivity index (χ1n) is 8.86. The highest BCUT2D eigenvalue weighted by Crippen LogP contribution is 2.39. The summed E-state index contributed by atoms with van der Waals surface area (Å²) in [7, 11) is 0. The maximum atomic E-state index is 11.3. The van der Waals surface area contributed by atoms with Gasteiger partial charge in [0.15, 0.2) is 0 Å². The minimum Gasteiger partial charge on any atom is -0.314 e. The Morgan fingerprint density at radius 3 is 2.40 bits per heavy atom. The third-order valence-corrected chi connectivity index (χ3v) is 5.41. The fourth-order valence-corrected chi connectivity index (χ4v) is 4.20. The Labute approximate surface area is 162 Å².